The molecule has 0 unspecified atom stereocenters. The molecule has 1 aromatic carbocycles. The maximum absolute atomic E-state index is 13.7. The highest BCUT2D eigenvalue weighted by Gasteiger charge is 2.51. The van der Waals surface area contributed by atoms with Crippen molar-refractivity contribution in [3.05, 3.63) is 71.3 Å². The van der Waals surface area contributed by atoms with Gasteiger partial charge in [-0.05, 0) is 75.8 Å². The van der Waals surface area contributed by atoms with Crippen LogP contribution in [0.1, 0.15) is 72.8 Å². The lowest BCUT2D eigenvalue weighted by Crippen LogP contribution is -2.62. The quantitative estimate of drug-likeness (QED) is 0.219. The van der Waals surface area contributed by atoms with E-state index in [0.717, 1.165) is 55.9 Å². The Bertz CT molecular complexity index is 1780. The average molecular weight is 605 g/mol. The van der Waals surface area contributed by atoms with Crippen molar-refractivity contribution in [2.75, 3.05) is 18.0 Å². The fraction of sp³-hybridized carbons (Fsp3) is 0.394. The number of hydrogen-bond acceptors (Lipinski definition) is 7. The van der Waals surface area contributed by atoms with Gasteiger partial charge in [0.2, 0.25) is 0 Å². The minimum absolute atomic E-state index is 0.0548. The predicted molar refractivity (Wildman–Crippen MR) is 158 cm³/mol. The monoisotopic (exact) mass is 604 g/mol. The molecule has 2 aliphatic carbocycles. The molecule has 0 atom stereocenters. The summed E-state index contributed by atoms with van der Waals surface area (Å²) in [6.07, 6.45) is 4.48. The molecule has 11 heteroatoms. The van der Waals surface area contributed by atoms with Gasteiger partial charge in [0.25, 0.3) is 0 Å². The smallest absolute Gasteiger partial charge is 0.418 e. The van der Waals surface area contributed by atoms with Gasteiger partial charge in [0.1, 0.15) is 22.9 Å². The molecule has 0 bridgehead atoms. The fourth-order valence-corrected chi connectivity index (χ4v) is 6.57. The van der Waals surface area contributed by atoms with Crippen molar-refractivity contribution < 1.29 is 32.3 Å². The van der Waals surface area contributed by atoms with Crippen LogP contribution < -0.4 is 9.64 Å². The Kier molecular flexibility index (Phi) is 6.67. The third kappa shape index (κ3) is 5.18. The van der Waals surface area contributed by atoms with Crippen molar-refractivity contribution in [2.45, 2.75) is 57.7 Å². The van der Waals surface area contributed by atoms with E-state index < -0.39 is 17.7 Å². The molecule has 0 radical (unpaired) electrons. The molecule has 3 aliphatic rings. The molecule has 2 saturated carbocycles. The molecule has 4 aromatic rings. The lowest BCUT2D eigenvalue weighted by atomic mass is 9.57. The summed E-state index contributed by atoms with van der Waals surface area (Å²) >= 11 is 0. The molecule has 44 heavy (non-hydrogen) atoms. The van der Waals surface area contributed by atoms with E-state index in [4.69, 9.17) is 9.26 Å². The summed E-state index contributed by atoms with van der Waals surface area (Å²) in [4.78, 5) is 22.2. The first-order valence-corrected chi connectivity index (χ1v) is 14.8. The van der Waals surface area contributed by atoms with Gasteiger partial charge in [-0.15, -0.1) is 0 Å². The number of rotatable bonds is 8. The number of fused-ring (bicyclic) bond motifs is 1. The van der Waals surface area contributed by atoms with Crippen LogP contribution in [0.2, 0.25) is 0 Å². The number of carbonyl (C=O) groups is 1. The van der Waals surface area contributed by atoms with Crippen LogP contribution in [0.15, 0.2) is 53.2 Å². The molecule has 7 rings (SSSR count). The zero-order chi connectivity index (χ0) is 30.8. The van der Waals surface area contributed by atoms with E-state index in [9.17, 15) is 23.1 Å². The van der Waals surface area contributed by atoms with E-state index in [1.807, 2.05) is 38.1 Å². The second-order valence-corrected chi connectivity index (χ2v) is 12.5. The third-order valence-electron chi connectivity index (χ3n) is 8.72. The van der Waals surface area contributed by atoms with Crippen molar-refractivity contribution >= 4 is 28.6 Å². The van der Waals surface area contributed by atoms with Crippen molar-refractivity contribution in [3.63, 3.8) is 0 Å². The maximum atomic E-state index is 13.7. The highest BCUT2D eigenvalue weighted by Crippen LogP contribution is 2.54. The van der Waals surface area contributed by atoms with E-state index in [1.54, 1.807) is 0 Å². The normalized spacial score (nSPS) is 18.3. The minimum Gasteiger partial charge on any atom is -0.490 e. The Hall–Kier alpha value is -4.41. The second kappa shape index (κ2) is 10.3. The number of halogens is 3. The fourth-order valence-electron chi connectivity index (χ4n) is 6.57. The first kappa shape index (κ1) is 28.4. The zero-order valence-electron chi connectivity index (χ0n) is 24.3. The number of alkyl halides is 3. The van der Waals surface area contributed by atoms with Crippen LogP contribution in [0.4, 0.5) is 18.9 Å². The van der Waals surface area contributed by atoms with Crippen LogP contribution in [0.25, 0.3) is 28.4 Å². The summed E-state index contributed by atoms with van der Waals surface area (Å²) in [6, 6.07) is 9.58. The minimum atomic E-state index is -4.55. The van der Waals surface area contributed by atoms with Crippen LogP contribution >= 0.6 is 0 Å². The van der Waals surface area contributed by atoms with E-state index in [0.29, 0.717) is 28.5 Å². The molecule has 1 saturated heterocycles. The number of carboxylic acid groups (broad SMARTS) is 1. The van der Waals surface area contributed by atoms with Crippen molar-refractivity contribution in [1.82, 2.24) is 15.1 Å². The summed E-state index contributed by atoms with van der Waals surface area (Å²) in [6.45, 7) is 5.56. The first-order chi connectivity index (χ1) is 21.0. The van der Waals surface area contributed by atoms with Crippen LogP contribution in [0.3, 0.4) is 0 Å². The molecule has 8 nitrogen and oxygen atoms in total. The second-order valence-electron chi connectivity index (χ2n) is 12.5. The average Bonchev–Trinajstić information content (AvgIpc) is 3.69. The number of nitrogens with zero attached hydrogens (tertiary/aromatic N) is 4. The van der Waals surface area contributed by atoms with Crippen molar-refractivity contribution in [2.24, 2.45) is 11.3 Å². The van der Waals surface area contributed by atoms with Gasteiger partial charge in [0, 0.05) is 53.3 Å². The maximum Gasteiger partial charge on any atom is 0.418 e. The highest BCUT2D eigenvalue weighted by atomic mass is 19.4. The third-order valence-corrected chi connectivity index (χ3v) is 8.72. The number of hydrogen-bond donors (Lipinski definition) is 1. The Morgan fingerprint density at radius 1 is 1.16 bits per heavy atom. The number of benzene rings is 1. The molecule has 3 fully saturated rings. The molecular weight excluding hydrogens is 573 g/mol. The summed E-state index contributed by atoms with van der Waals surface area (Å²) in [7, 11) is 0. The van der Waals surface area contributed by atoms with Gasteiger partial charge in [0.15, 0.2) is 5.69 Å². The largest absolute Gasteiger partial charge is 0.490 e. The van der Waals surface area contributed by atoms with Crippen LogP contribution in [-0.2, 0) is 6.18 Å². The van der Waals surface area contributed by atoms with Gasteiger partial charge in [-0.25, -0.2) is 9.78 Å². The lowest BCUT2D eigenvalue weighted by Gasteiger charge is -2.59. The number of allylic oxidation sites excluding steroid dienone is 1. The molecule has 1 spiro atoms. The summed E-state index contributed by atoms with van der Waals surface area (Å²) in [5.74, 6) is 0.524. The van der Waals surface area contributed by atoms with E-state index in [-0.39, 0.29) is 34.5 Å². The Balaban J connectivity index is 1.06. The summed E-state index contributed by atoms with van der Waals surface area (Å²) in [5, 5.41) is 14.3. The van der Waals surface area contributed by atoms with E-state index >= 15 is 0 Å². The molecule has 3 aromatic heterocycles. The SMILES string of the molecule is CC(C)Oc1cc(C(=O)O)nc2ccc(N3CC4(CC(C=Cc5c(-c6ncccc6C(F)(F)F)noc5C5CC5)C4)C3)cc12. The number of ether oxygens (including phenoxy) is 1. The van der Waals surface area contributed by atoms with Gasteiger partial charge < -0.3 is 19.3 Å². The highest BCUT2D eigenvalue weighted by molar-refractivity contribution is 5.94. The topological polar surface area (TPSA) is 102 Å². The molecule has 1 aliphatic heterocycles. The molecule has 4 heterocycles. The van der Waals surface area contributed by atoms with Crippen LogP contribution in [-0.4, -0.2) is 45.4 Å². The first-order valence-electron chi connectivity index (χ1n) is 14.8. The van der Waals surface area contributed by atoms with Crippen LogP contribution in [0.5, 0.6) is 5.75 Å². The number of anilines is 1. The molecule has 0 amide bonds. The number of aromatic nitrogens is 3. The van der Waals surface area contributed by atoms with E-state index in [2.05, 4.69) is 26.1 Å². The summed E-state index contributed by atoms with van der Waals surface area (Å²) in [5.41, 5.74) is 1.44. The standard InChI is InChI=1S/C33H31F3N4O4/c1-18(2)43-27-13-26(31(41)42)38-25-10-8-21(12-23(25)27)40-16-32(17-40)14-19(15-32)5-9-22-28(39-44-30(22)20-6-7-20)29-24(33(34,35)36)4-3-11-37-29/h3-5,8-13,18-20H,6-7,14-17H2,1-2H3,(H,41,42). The molecular formula is C33H31F3N4O4. The Morgan fingerprint density at radius 2 is 1.93 bits per heavy atom. The zero-order valence-corrected chi connectivity index (χ0v) is 24.3. The number of carboxylic acids is 1. The van der Waals surface area contributed by atoms with Crippen molar-refractivity contribution in [1.29, 1.82) is 0 Å². The van der Waals surface area contributed by atoms with Crippen molar-refractivity contribution in [3.8, 4) is 17.1 Å². The van der Waals surface area contributed by atoms with E-state index in [1.165, 1.54) is 18.3 Å². The lowest BCUT2D eigenvalue weighted by molar-refractivity contribution is -0.137. The van der Waals surface area contributed by atoms with Gasteiger partial charge in [-0.2, -0.15) is 13.2 Å². The summed E-state index contributed by atoms with van der Waals surface area (Å²) < 4.78 is 52.8. The van der Waals surface area contributed by atoms with Gasteiger partial charge >= 0.3 is 12.1 Å². The predicted octanol–water partition coefficient (Wildman–Crippen LogP) is 7.60. The van der Waals surface area contributed by atoms with Gasteiger partial charge in [-0.3, -0.25) is 4.98 Å². The number of aromatic carboxylic acids is 1. The Morgan fingerprint density at radius 3 is 2.61 bits per heavy atom. The van der Waals surface area contributed by atoms with Gasteiger partial charge in [0.05, 0.1) is 17.2 Å². The van der Waals surface area contributed by atoms with Gasteiger partial charge in [-0.1, -0.05) is 17.3 Å². The number of pyridine rings is 2. The molecule has 228 valence electrons. The molecule has 1 N–H and O–H groups in total. The Labute approximate surface area is 251 Å². The van der Waals surface area contributed by atoms with Crippen LogP contribution in [0, 0.1) is 11.3 Å².